The van der Waals surface area contributed by atoms with Crippen LogP contribution in [0.25, 0.3) is 0 Å². The van der Waals surface area contributed by atoms with Gasteiger partial charge in [0, 0.05) is 18.6 Å². The quantitative estimate of drug-likeness (QED) is 0.744. The fraction of sp³-hybridized carbons (Fsp3) is 1.00. The molecule has 0 aromatic rings. The summed E-state index contributed by atoms with van der Waals surface area (Å²) in [6, 6.07) is 0. The number of likely N-dealkylation sites (tertiary alicyclic amines) is 2. The second-order valence-corrected chi connectivity index (χ2v) is 8.04. The van der Waals surface area contributed by atoms with E-state index in [-0.39, 0.29) is 0 Å². The minimum absolute atomic E-state index is 0.359. The van der Waals surface area contributed by atoms with Crippen LogP contribution in [0.3, 0.4) is 0 Å². The highest BCUT2D eigenvalue weighted by molar-refractivity contribution is 4.95. The minimum atomic E-state index is 0.359. The van der Waals surface area contributed by atoms with Gasteiger partial charge < -0.3 is 4.90 Å². The zero-order valence-corrected chi connectivity index (χ0v) is 13.1. The van der Waals surface area contributed by atoms with Crippen molar-refractivity contribution in [2.24, 2.45) is 11.3 Å². The zero-order valence-electron chi connectivity index (χ0n) is 13.1. The molecule has 0 saturated carbocycles. The Balaban J connectivity index is 1.86. The average molecular weight is 252 g/mol. The second kappa shape index (κ2) is 5.13. The third kappa shape index (κ3) is 3.27. The van der Waals surface area contributed by atoms with E-state index in [1.54, 1.807) is 0 Å². The number of nitrogens with zero attached hydrogens (tertiary/aromatic N) is 2. The van der Waals surface area contributed by atoms with Crippen LogP contribution in [0.4, 0.5) is 0 Å². The van der Waals surface area contributed by atoms with Gasteiger partial charge in [0.2, 0.25) is 0 Å². The van der Waals surface area contributed by atoms with Gasteiger partial charge in [-0.25, -0.2) is 0 Å². The molecule has 1 spiro atoms. The molecule has 2 aliphatic rings. The summed E-state index contributed by atoms with van der Waals surface area (Å²) in [6.07, 6.45) is 4.27. The van der Waals surface area contributed by atoms with Gasteiger partial charge in [0.1, 0.15) is 0 Å². The van der Waals surface area contributed by atoms with E-state index in [4.69, 9.17) is 0 Å². The Morgan fingerprint density at radius 2 is 1.56 bits per heavy atom. The maximum Gasteiger partial charge on any atom is 0.0125 e. The van der Waals surface area contributed by atoms with Gasteiger partial charge in [-0.2, -0.15) is 0 Å². The largest absolute Gasteiger partial charge is 0.303 e. The predicted octanol–water partition coefficient (Wildman–Crippen LogP) is 3.23. The molecule has 2 aliphatic heterocycles. The first-order chi connectivity index (χ1) is 8.31. The van der Waals surface area contributed by atoms with E-state index in [0.29, 0.717) is 11.0 Å². The van der Waals surface area contributed by atoms with Gasteiger partial charge in [0.15, 0.2) is 0 Å². The molecule has 2 rings (SSSR count). The lowest BCUT2D eigenvalue weighted by Gasteiger charge is -2.45. The lowest BCUT2D eigenvalue weighted by atomic mass is 9.77. The number of rotatable bonds is 2. The zero-order chi connectivity index (χ0) is 13.4. The molecule has 2 saturated heterocycles. The third-order valence-corrected chi connectivity index (χ3v) is 4.91. The van der Waals surface area contributed by atoms with Crippen LogP contribution in [0.2, 0.25) is 0 Å². The number of hydrogen-bond acceptors (Lipinski definition) is 2. The van der Waals surface area contributed by atoms with Crippen molar-refractivity contribution in [1.82, 2.24) is 9.80 Å². The molecule has 0 aromatic carbocycles. The highest BCUT2D eigenvalue weighted by atomic mass is 15.2. The summed E-state index contributed by atoms with van der Waals surface area (Å²) in [4.78, 5) is 5.38. The summed E-state index contributed by atoms with van der Waals surface area (Å²) in [5, 5.41) is 0. The lowest BCUT2D eigenvalue weighted by Crippen LogP contribution is -2.49. The first-order valence-electron chi connectivity index (χ1n) is 7.78. The van der Waals surface area contributed by atoms with Gasteiger partial charge in [-0.15, -0.1) is 0 Å². The van der Waals surface area contributed by atoms with Crippen molar-refractivity contribution in [3.05, 3.63) is 0 Å². The van der Waals surface area contributed by atoms with Crippen LogP contribution in [0, 0.1) is 11.3 Å². The van der Waals surface area contributed by atoms with Gasteiger partial charge in [0.25, 0.3) is 0 Å². The van der Waals surface area contributed by atoms with Crippen molar-refractivity contribution in [1.29, 1.82) is 0 Å². The third-order valence-electron chi connectivity index (χ3n) is 4.91. The van der Waals surface area contributed by atoms with Gasteiger partial charge in [0.05, 0.1) is 0 Å². The summed E-state index contributed by atoms with van der Waals surface area (Å²) in [5.74, 6) is 0.815. The Morgan fingerprint density at radius 3 is 2.06 bits per heavy atom. The van der Waals surface area contributed by atoms with Gasteiger partial charge in [-0.05, 0) is 71.0 Å². The molecule has 0 aliphatic carbocycles. The molecule has 18 heavy (non-hydrogen) atoms. The minimum Gasteiger partial charge on any atom is -0.303 e. The summed E-state index contributed by atoms with van der Waals surface area (Å²) < 4.78 is 0. The van der Waals surface area contributed by atoms with Crippen molar-refractivity contribution in [3.8, 4) is 0 Å². The molecule has 0 atom stereocenters. The van der Waals surface area contributed by atoms with E-state index in [0.717, 1.165) is 5.92 Å². The molecule has 2 fully saturated rings. The Hall–Kier alpha value is -0.0800. The number of piperidine rings is 1. The van der Waals surface area contributed by atoms with Crippen LogP contribution < -0.4 is 0 Å². The molecule has 0 unspecified atom stereocenters. The summed E-state index contributed by atoms with van der Waals surface area (Å²) in [6.45, 7) is 18.3. The van der Waals surface area contributed by atoms with Gasteiger partial charge >= 0.3 is 0 Å². The highest BCUT2D eigenvalue weighted by Gasteiger charge is 2.41. The van der Waals surface area contributed by atoms with Crippen LogP contribution in [0.5, 0.6) is 0 Å². The Kier molecular flexibility index (Phi) is 4.08. The molecule has 0 aromatic heterocycles. The van der Waals surface area contributed by atoms with E-state index in [1.165, 1.54) is 52.0 Å². The first-order valence-corrected chi connectivity index (χ1v) is 7.78. The fourth-order valence-electron chi connectivity index (χ4n) is 3.76. The molecule has 2 heteroatoms. The first kappa shape index (κ1) is 14.3. The fourth-order valence-corrected chi connectivity index (χ4v) is 3.76. The van der Waals surface area contributed by atoms with Crippen LogP contribution in [-0.2, 0) is 0 Å². The van der Waals surface area contributed by atoms with Crippen LogP contribution in [0.1, 0.15) is 53.9 Å². The maximum atomic E-state index is 2.71. The van der Waals surface area contributed by atoms with Crippen LogP contribution >= 0.6 is 0 Å². The molecule has 0 amide bonds. The van der Waals surface area contributed by atoms with Crippen molar-refractivity contribution in [3.63, 3.8) is 0 Å². The van der Waals surface area contributed by atoms with Crippen LogP contribution in [0.15, 0.2) is 0 Å². The second-order valence-electron chi connectivity index (χ2n) is 8.04. The molecular formula is C16H32N2. The molecule has 2 heterocycles. The van der Waals surface area contributed by atoms with E-state index in [1.807, 2.05) is 0 Å². The van der Waals surface area contributed by atoms with Crippen molar-refractivity contribution in [2.75, 3.05) is 32.7 Å². The number of hydrogen-bond donors (Lipinski definition) is 0. The average Bonchev–Trinajstić information content (AvgIpc) is 2.60. The Morgan fingerprint density at radius 1 is 1.00 bits per heavy atom. The van der Waals surface area contributed by atoms with Gasteiger partial charge in [-0.3, -0.25) is 4.90 Å². The molecule has 106 valence electrons. The van der Waals surface area contributed by atoms with Crippen LogP contribution in [-0.4, -0.2) is 48.1 Å². The SMILES string of the molecule is CC(C)CN1CCC2(CCN(C(C)(C)C)CC2)C1. The molecule has 0 radical (unpaired) electrons. The standard InChI is InChI=1S/C16H32N2/c1-14(2)12-17-9-6-16(13-17)7-10-18(11-8-16)15(3,4)5/h14H,6-13H2,1-5H3. The van der Waals surface area contributed by atoms with Crippen molar-refractivity contribution < 1.29 is 0 Å². The Bertz CT molecular complexity index is 269. The highest BCUT2D eigenvalue weighted by Crippen LogP contribution is 2.41. The summed E-state index contributed by atoms with van der Waals surface area (Å²) in [5.41, 5.74) is 1.02. The van der Waals surface area contributed by atoms with E-state index in [2.05, 4.69) is 44.4 Å². The molecule has 0 N–H and O–H groups in total. The van der Waals surface area contributed by atoms with E-state index >= 15 is 0 Å². The molecular weight excluding hydrogens is 220 g/mol. The summed E-state index contributed by atoms with van der Waals surface area (Å²) >= 11 is 0. The molecule has 0 bridgehead atoms. The van der Waals surface area contributed by atoms with Crippen molar-refractivity contribution in [2.45, 2.75) is 59.4 Å². The van der Waals surface area contributed by atoms with Crippen molar-refractivity contribution >= 4 is 0 Å². The lowest BCUT2D eigenvalue weighted by molar-refractivity contribution is 0.0457. The maximum absolute atomic E-state index is 2.71. The van der Waals surface area contributed by atoms with E-state index in [9.17, 15) is 0 Å². The molecule has 2 nitrogen and oxygen atoms in total. The predicted molar refractivity (Wildman–Crippen MR) is 78.9 cm³/mol. The monoisotopic (exact) mass is 252 g/mol. The Labute approximate surface area is 114 Å². The summed E-state index contributed by atoms with van der Waals surface area (Å²) in [7, 11) is 0. The topological polar surface area (TPSA) is 6.48 Å². The normalized spacial score (nSPS) is 26.3. The van der Waals surface area contributed by atoms with Gasteiger partial charge in [-0.1, -0.05) is 13.8 Å². The van der Waals surface area contributed by atoms with E-state index < -0.39 is 0 Å². The smallest absolute Gasteiger partial charge is 0.0125 e.